The lowest BCUT2D eigenvalue weighted by atomic mass is 10.1. The number of hydrogen-bond donors (Lipinski definition) is 2. The van der Waals surface area contributed by atoms with Gasteiger partial charge in [-0.15, -0.1) is 0 Å². The monoisotopic (exact) mass is 133 g/mol. The Hall–Kier alpha value is -0.120. The lowest BCUT2D eigenvalue weighted by Crippen LogP contribution is -2.22. The van der Waals surface area contributed by atoms with Crippen molar-refractivity contribution in [2.75, 3.05) is 13.7 Å². The highest BCUT2D eigenvalue weighted by Crippen LogP contribution is 2.00. The van der Waals surface area contributed by atoms with E-state index in [2.05, 4.69) is 5.48 Å². The van der Waals surface area contributed by atoms with Crippen molar-refractivity contribution in [3.8, 4) is 0 Å². The van der Waals surface area contributed by atoms with Crippen LogP contribution in [0.1, 0.15) is 13.8 Å². The number of hydrogen-bond acceptors (Lipinski definition) is 3. The molecule has 2 N–H and O–H groups in total. The minimum absolute atomic E-state index is 0.192. The summed E-state index contributed by atoms with van der Waals surface area (Å²) in [6, 6.07) is 0. The molecule has 0 aromatic rings. The van der Waals surface area contributed by atoms with Crippen LogP contribution in [0.25, 0.3) is 0 Å². The molecule has 0 aliphatic rings. The molecule has 0 fully saturated rings. The van der Waals surface area contributed by atoms with E-state index in [4.69, 9.17) is 9.94 Å². The Morgan fingerprint density at radius 1 is 1.56 bits per heavy atom. The van der Waals surface area contributed by atoms with Crippen LogP contribution >= 0.6 is 0 Å². The normalized spacial score (nSPS) is 17.3. The van der Waals surface area contributed by atoms with Crippen molar-refractivity contribution in [3.63, 3.8) is 0 Å². The Morgan fingerprint density at radius 3 is 2.44 bits per heavy atom. The zero-order valence-corrected chi connectivity index (χ0v) is 6.22. The molecule has 0 saturated carbocycles. The Labute approximate surface area is 56.0 Å². The van der Waals surface area contributed by atoms with Crippen LogP contribution in [0.5, 0.6) is 0 Å². The predicted molar refractivity (Wildman–Crippen MR) is 35.9 cm³/mol. The van der Waals surface area contributed by atoms with E-state index in [0.29, 0.717) is 6.61 Å². The predicted octanol–water partition coefficient (Wildman–Crippen LogP) is 0.154. The van der Waals surface area contributed by atoms with E-state index in [0.717, 1.165) is 0 Å². The van der Waals surface area contributed by atoms with Crippen molar-refractivity contribution >= 4 is 0 Å². The molecule has 0 aromatic carbocycles. The number of nitrogens with one attached hydrogen (secondary N) is 1. The summed E-state index contributed by atoms with van der Waals surface area (Å²) in [6.07, 6.45) is -0.293. The van der Waals surface area contributed by atoms with Crippen LogP contribution in [0.4, 0.5) is 0 Å². The van der Waals surface area contributed by atoms with E-state index in [1.165, 1.54) is 0 Å². The van der Waals surface area contributed by atoms with Gasteiger partial charge in [0.25, 0.3) is 0 Å². The molecule has 0 heterocycles. The molecule has 0 spiro atoms. The molecule has 0 aromatic heterocycles. The molecule has 3 nitrogen and oxygen atoms in total. The minimum Gasteiger partial charge on any atom is -0.393 e. The van der Waals surface area contributed by atoms with Gasteiger partial charge < -0.3 is 9.94 Å². The summed E-state index contributed by atoms with van der Waals surface area (Å²) in [5.74, 6) is 0.192. The second-order valence-corrected chi connectivity index (χ2v) is 2.23. The van der Waals surface area contributed by atoms with Gasteiger partial charge in [0, 0.05) is 13.0 Å². The number of aliphatic hydroxyl groups excluding tert-OH is 1. The first-order valence-corrected chi connectivity index (χ1v) is 3.15. The van der Waals surface area contributed by atoms with E-state index < -0.39 is 0 Å². The first-order chi connectivity index (χ1) is 4.18. The summed E-state index contributed by atoms with van der Waals surface area (Å²) in [6.45, 7) is 4.24. The summed E-state index contributed by atoms with van der Waals surface area (Å²) in [7, 11) is 1.70. The van der Waals surface area contributed by atoms with Crippen molar-refractivity contribution in [1.82, 2.24) is 5.48 Å². The molecule has 0 bridgehead atoms. The Morgan fingerprint density at radius 2 is 2.11 bits per heavy atom. The van der Waals surface area contributed by atoms with E-state index in [1.54, 1.807) is 14.0 Å². The molecule has 0 rings (SSSR count). The molecular formula is C6H15NO2. The van der Waals surface area contributed by atoms with E-state index in [9.17, 15) is 0 Å². The van der Waals surface area contributed by atoms with E-state index >= 15 is 0 Å². The smallest absolute Gasteiger partial charge is 0.0732 e. The SMILES string of the molecule is CNOC[C@H](C)C(C)O. The van der Waals surface area contributed by atoms with Gasteiger partial charge in [-0.2, -0.15) is 0 Å². The van der Waals surface area contributed by atoms with Crippen LogP contribution < -0.4 is 5.48 Å². The van der Waals surface area contributed by atoms with Gasteiger partial charge in [0.15, 0.2) is 0 Å². The Bertz CT molecular complexity index is 66.1. The highest BCUT2D eigenvalue weighted by molar-refractivity contribution is 4.55. The lowest BCUT2D eigenvalue weighted by molar-refractivity contribution is 0.000492. The highest BCUT2D eigenvalue weighted by Gasteiger charge is 2.07. The molecule has 56 valence electrons. The van der Waals surface area contributed by atoms with Crippen LogP contribution in [0.15, 0.2) is 0 Å². The first kappa shape index (κ1) is 8.88. The summed E-state index contributed by atoms with van der Waals surface area (Å²) < 4.78 is 0. The van der Waals surface area contributed by atoms with Crippen molar-refractivity contribution < 1.29 is 9.94 Å². The van der Waals surface area contributed by atoms with Gasteiger partial charge in [-0.1, -0.05) is 6.92 Å². The van der Waals surface area contributed by atoms with Gasteiger partial charge in [-0.05, 0) is 6.92 Å². The van der Waals surface area contributed by atoms with E-state index in [-0.39, 0.29) is 12.0 Å². The third-order valence-electron chi connectivity index (χ3n) is 1.31. The summed E-state index contributed by atoms with van der Waals surface area (Å²) in [4.78, 5) is 4.85. The molecule has 0 radical (unpaired) electrons. The quantitative estimate of drug-likeness (QED) is 0.536. The Kier molecular flexibility index (Phi) is 4.67. The highest BCUT2D eigenvalue weighted by atomic mass is 16.6. The average molecular weight is 133 g/mol. The summed E-state index contributed by atoms with van der Waals surface area (Å²) in [5.41, 5.74) is 2.54. The zero-order chi connectivity index (χ0) is 7.28. The van der Waals surface area contributed by atoms with Crippen LogP contribution in [-0.4, -0.2) is 24.9 Å². The zero-order valence-electron chi connectivity index (χ0n) is 6.22. The topological polar surface area (TPSA) is 41.5 Å². The lowest BCUT2D eigenvalue weighted by Gasteiger charge is -2.12. The fourth-order valence-electron chi connectivity index (χ4n) is 0.354. The second-order valence-electron chi connectivity index (χ2n) is 2.23. The van der Waals surface area contributed by atoms with Crippen LogP contribution in [0.3, 0.4) is 0 Å². The van der Waals surface area contributed by atoms with Gasteiger partial charge in [-0.3, -0.25) is 0 Å². The van der Waals surface area contributed by atoms with Crippen molar-refractivity contribution in [1.29, 1.82) is 0 Å². The number of rotatable bonds is 4. The van der Waals surface area contributed by atoms with Crippen LogP contribution in [0.2, 0.25) is 0 Å². The van der Waals surface area contributed by atoms with Crippen molar-refractivity contribution in [2.24, 2.45) is 5.92 Å². The molecule has 3 heteroatoms. The molecule has 0 aliphatic heterocycles. The number of hydroxylamine groups is 1. The second kappa shape index (κ2) is 4.73. The minimum atomic E-state index is -0.293. The fraction of sp³-hybridized carbons (Fsp3) is 1.00. The summed E-state index contributed by atoms with van der Waals surface area (Å²) in [5, 5.41) is 8.94. The standard InChI is InChI=1S/C6H15NO2/c1-5(6(2)8)4-9-7-3/h5-8H,4H2,1-3H3/t5-,6?/m0/s1. The Balaban J connectivity index is 3.16. The average Bonchev–Trinajstić information content (AvgIpc) is 1.82. The van der Waals surface area contributed by atoms with Gasteiger partial charge in [0.2, 0.25) is 0 Å². The largest absolute Gasteiger partial charge is 0.393 e. The number of aliphatic hydroxyl groups is 1. The third kappa shape index (κ3) is 4.39. The van der Waals surface area contributed by atoms with Gasteiger partial charge in [0.1, 0.15) is 0 Å². The molecule has 0 amide bonds. The van der Waals surface area contributed by atoms with E-state index in [1.807, 2.05) is 6.92 Å². The summed E-state index contributed by atoms with van der Waals surface area (Å²) >= 11 is 0. The molecule has 9 heavy (non-hydrogen) atoms. The van der Waals surface area contributed by atoms with Crippen LogP contribution in [-0.2, 0) is 4.84 Å². The molecule has 1 unspecified atom stereocenters. The fourth-order valence-corrected chi connectivity index (χ4v) is 0.354. The van der Waals surface area contributed by atoms with Crippen molar-refractivity contribution in [2.45, 2.75) is 20.0 Å². The van der Waals surface area contributed by atoms with Gasteiger partial charge in [0.05, 0.1) is 12.7 Å². The third-order valence-corrected chi connectivity index (χ3v) is 1.31. The van der Waals surface area contributed by atoms with Gasteiger partial charge >= 0.3 is 0 Å². The molecule has 0 aliphatic carbocycles. The van der Waals surface area contributed by atoms with Crippen molar-refractivity contribution in [3.05, 3.63) is 0 Å². The van der Waals surface area contributed by atoms with Crippen LogP contribution in [0, 0.1) is 5.92 Å². The molecule has 0 saturated heterocycles. The first-order valence-electron chi connectivity index (χ1n) is 3.15. The molecular weight excluding hydrogens is 118 g/mol. The maximum atomic E-state index is 8.94. The van der Waals surface area contributed by atoms with Gasteiger partial charge in [-0.25, -0.2) is 5.48 Å². The molecule has 2 atom stereocenters. The maximum Gasteiger partial charge on any atom is 0.0732 e. The maximum absolute atomic E-state index is 8.94.